The van der Waals surface area contributed by atoms with Crippen LogP contribution in [-0.4, -0.2) is 17.7 Å². The second-order valence-corrected chi connectivity index (χ2v) is 6.81. The molecule has 0 saturated carbocycles. The third-order valence-corrected chi connectivity index (χ3v) is 4.88. The van der Waals surface area contributed by atoms with Crippen LogP contribution in [0.15, 0.2) is 51.7 Å². The molecular formula is C23H20O5. The standard InChI is InChI=1S/C23H20O5/c1-2-11-27-19-6-4-3-5-14(19)12-15-7-9-17-21(24)18-13-16(23(25)26)8-10-20(18)28-22(15)17/h3-6,8,10,12-13H,2,7,9,11H2,1H3,(H,25,26). The van der Waals surface area contributed by atoms with Crippen molar-refractivity contribution in [2.75, 3.05) is 6.61 Å². The number of hydrogen-bond donors (Lipinski definition) is 1. The first-order valence-electron chi connectivity index (χ1n) is 9.34. The molecule has 1 N–H and O–H groups in total. The highest BCUT2D eigenvalue weighted by Gasteiger charge is 2.24. The molecule has 4 rings (SSSR count). The molecule has 0 saturated heterocycles. The number of hydrogen-bond acceptors (Lipinski definition) is 4. The van der Waals surface area contributed by atoms with Crippen LogP contribution in [0.5, 0.6) is 5.75 Å². The van der Waals surface area contributed by atoms with Crippen molar-refractivity contribution in [1.29, 1.82) is 0 Å². The molecule has 0 spiro atoms. The molecule has 0 aliphatic heterocycles. The van der Waals surface area contributed by atoms with E-state index in [-0.39, 0.29) is 11.0 Å². The van der Waals surface area contributed by atoms with Crippen LogP contribution in [0.25, 0.3) is 22.6 Å². The Morgan fingerprint density at radius 2 is 2.04 bits per heavy atom. The van der Waals surface area contributed by atoms with Gasteiger partial charge in [0.2, 0.25) is 0 Å². The van der Waals surface area contributed by atoms with Gasteiger partial charge in [-0.1, -0.05) is 25.1 Å². The quantitative estimate of drug-likeness (QED) is 0.694. The first-order chi connectivity index (χ1) is 13.6. The zero-order valence-corrected chi connectivity index (χ0v) is 15.5. The summed E-state index contributed by atoms with van der Waals surface area (Å²) >= 11 is 0. The van der Waals surface area contributed by atoms with Gasteiger partial charge in [-0.05, 0) is 55.2 Å². The number of carbonyl (C=O) groups is 1. The number of carboxylic acid groups (broad SMARTS) is 1. The lowest BCUT2D eigenvalue weighted by atomic mass is 10.1. The molecule has 5 nitrogen and oxygen atoms in total. The van der Waals surface area contributed by atoms with Gasteiger partial charge in [-0.25, -0.2) is 4.79 Å². The molecule has 0 radical (unpaired) electrons. The Balaban J connectivity index is 1.81. The van der Waals surface area contributed by atoms with Crippen LogP contribution in [0.2, 0.25) is 0 Å². The monoisotopic (exact) mass is 376 g/mol. The summed E-state index contributed by atoms with van der Waals surface area (Å²) in [6, 6.07) is 12.2. The van der Waals surface area contributed by atoms with Gasteiger partial charge in [-0.15, -0.1) is 0 Å². The van der Waals surface area contributed by atoms with Crippen molar-refractivity contribution >= 4 is 28.6 Å². The van der Waals surface area contributed by atoms with Gasteiger partial charge in [0.25, 0.3) is 0 Å². The highest BCUT2D eigenvalue weighted by atomic mass is 16.5. The predicted octanol–water partition coefficient (Wildman–Crippen LogP) is 4.77. The second kappa shape index (κ2) is 7.35. The van der Waals surface area contributed by atoms with E-state index in [0.717, 1.165) is 23.3 Å². The van der Waals surface area contributed by atoms with Crippen molar-refractivity contribution in [2.24, 2.45) is 0 Å². The van der Waals surface area contributed by atoms with Crippen LogP contribution in [-0.2, 0) is 6.42 Å². The van der Waals surface area contributed by atoms with E-state index >= 15 is 0 Å². The lowest BCUT2D eigenvalue weighted by Crippen LogP contribution is -2.09. The Morgan fingerprint density at radius 3 is 2.82 bits per heavy atom. The fourth-order valence-corrected chi connectivity index (χ4v) is 3.49. The van der Waals surface area contributed by atoms with E-state index in [9.17, 15) is 9.59 Å². The maximum Gasteiger partial charge on any atom is 0.335 e. The molecule has 0 unspecified atom stereocenters. The lowest BCUT2D eigenvalue weighted by molar-refractivity contribution is 0.0697. The van der Waals surface area contributed by atoms with E-state index in [1.807, 2.05) is 30.3 Å². The van der Waals surface area contributed by atoms with Gasteiger partial charge in [-0.3, -0.25) is 4.79 Å². The minimum absolute atomic E-state index is 0.0792. The molecule has 28 heavy (non-hydrogen) atoms. The molecule has 3 aromatic rings. The molecule has 0 fully saturated rings. The SMILES string of the molecule is CCCOc1ccccc1C=C1CCc2c1oc1ccc(C(=O)O)cc1c2=O. The summed E-state index contributed by atoms with van der Waals surface area (Å²) in [6.45, 7) is 2.70. The number of fused-ring (bicyclic) bond motifs is 2. The molecule has 5 heteroatoms. The minimum Gasteiger partial charge on any atom is -0.493 e. The number of aromatic carboxylic acids is 1. The average molecular weight is 376 g/mol. The van der Waals surface area contributed by atoms with Crippen LogP contribution in [0.4, 0.5) is 0 Å². The zero-order valence-electron chi connectivity index (χ0n) is 15.5. The Kier molecular flexibility index (Phi) is 4.74. The van der Waals surface area contributed by atoms with Crippen LogP contribution in [0, 0.1) is 0 Å². The molecule has 1 heterocycles. The van der Waals surface area contributed by atoms with Crippen LogP contribution >= 0.6 is 0 Å². The summed E-state index contributed by atoms with van der Waals surface area (Å²) in [5.74, 6) is 0.330. The van der Waals surface area contributed by atoms with Gasteiger partial charge in [-0.2, -0.15) is 0 Å². The summed E-state index contributed by atoms with van der Waals surface area (Å²) in [6.07, 6.45) is 4.21. The highest BCUT2D eigenvalue weighted by molar-refractivity contribution is 5.94. The summed E-state index contributed by atoms with van der Waals surface area (Å²) in [5, 5.41) is 9.48. The molecule has 1 aromatic heterocycles. The number of carboxylic acids is 1. The number of ether oxygens (including phenoxy) is 1. The minimum atomic E-state index is -1.06. The molecule has 0 amide bonds. The Hall–Kier alpha value is -3.34. The highest BCUT2D eigenvalue weighted by Crippen LogP contribution is 2.35. The first kappa shape index (κ1) is 18.0. The largest absolute Gasteiger partial charge is 0.493 e. The van der Waals surface area contributed by atoms with E-state index in [1.54, 1.807) is 6.07 Å². The summed E-state index contributed by atoms with van der Waals surface area (Å²) in [5.41, 5.74) is 2.82. The van der Waals surface area contributed by atoms with Crippen molar-refractivity contribution in [3.8, 4) is 5.75 Å². The predicted molar refractivity (Wildman–Crippen MR) is 108 cm³/mol. The van der Waals surface area contributed by atoms with Crippen LogP contribution in [0.1, 0.15) is 47.0 Å². The van der Waals surface area contributed by atoms with Crippen molar-refractivity contribution in [3.63, 3.8) is 0 Å². The van der Waals surface area contributed by atoms with E-state index in [4.69, 9.17) is 14.3 Å². The van der Waals surface area contributed by atoms with E-state index in [0.29, 0.717) is 41.7 Å². The Bertz CT molecular complexity index is 1150. The fourth-order valence-electron chi connectivity index (χ4n) is 3.49. The molecule has 1 aliphatic carbocycles. The van der Waals surface area contributed by atoms with Crippen molar-refractivity contribution in [1.82, 2.24) is 0 Å². The van der Waals surface area contributed by atoms with Crippen LogP contribution < -0.4 is 10.2 Å². The Labute approximate surface area is 161 Å². The number of allylic oxidation sites excluding steroid dienone is 1. The van der Waals surface area contributed by atoms with Crippen LogP contribution in [0.3, 0.4) is 0 Å². The fraction of sp³-hybridized carbons (Fsp3) is 0.217. The van der Waals surface area contributed by atoms with E-state index < -0.39 is 5.97 Å². The third kappa shape index (κ3) is 3.20. The lowest BCUT2D eigenvalue weighted by Gasteiger charge is -2.09. The third-order valence-electron chi connectivity index (χ3n) is 4.88. The normalized spacial score (nSPS) is 14.4. The molecule has 0 atom stereocenters. The number of rotatable bonds is 5. The molecule has 142 valence electrons. The van der Waals surface area contributed by atoms with Gasteiger partial charge in [0.15, 0.2) is 5.43 Å². The maximum absolute atomic E-state index is 12.9. The second-order valence-electron chi connectivity index (χ2n) is 6.81. The number of para-hydroxylation sites is 1. The molecular weight excluding hydrogens is 356 g/mol. The maximum atomic E-state index is 12.9. The topological polar surface area (TPSA) is 76.7 Å². The van der Waals surface area contributed by atoms with Gasteiger partial charge in [0.1, 0.15) is 17.1 Å². The van der Waals surface area contributed by atoms with Crippen molar-refractivity contribution < 1.29 is 19.1 Å². The van der Waals surface area contributed by atoms with Crippen molar-refractivity contribution in [3.05, 3.63) is 75.1 Å². The summed E-state index contributed by atoms with van der Waals surface area (Å²) in [4.78, 5) is 24.1. The van der Waals surface area contributed by atoms with Gasteiger partial charge in [0, 0.05) is 11.1 Å². The molecule has 1 aliphatic rings. The van der Waals surface area contributed by atoms with Crippen molar-refractivity contribution in [2.45, 2.75) is 26.2 Å². The van der Waals surface area contributed by atoms with Gasteiger partial charge in [0.05, 0.1) is 17.6 Å². The summed E-state index contributed by atoms with van der Waals surface area (Å²) in [7, 11) is 0. The molecule has 2 aromatic carbocycles. The smallest absolute Gasteiger partial charge is 0.335 e. The van der Waals surface area contributed by atoms with E-state index in [2.05, 4.69) is 6.92 Å². The van der Waals surface area contributed by atoms with Gasteiger partial charge < -0.3 is 14.3 Å². The summed E-state index contributed by atoms with van der Waals surface area (Å²) < 4.78 is 11.8. The Morgan fingerprint density at radius 1 is 1.21 bits per heavy atom. The van der Waals surface area contributed by atoms with Gasteiger partial charge >= 0.3 is 5.97 Å². The van der Waals surface area contributed by atoms with E-state index in [1.165, 1.54) is 12.1 Å². The number of benzene rings is 2. The first-order valence-corrected chi connectivity index (χ1v) is 9.34. The average Bonchev–Trinajstić information content (AvgIpc) is 3.10. The molecule has 0 bridgehead atoms. The zero-order chi connectivity index (χ0) is 19.7.